The SMILES string of the molecule is COc1cccc(OC)c1-n1c(CS(=O)(=O)CCN2C(=O)[C@H](C)C[C@H]2C)nnc1-c1ccco1. The van der Waals surface area contributed by atoms with Gasteiger partial charge in [0.15, 0.2) is 21.4 Å². The van der Waals surface area contributed by atoms with E-state index in [2.05, 4.69) is 10.2 Å². The number of carbonyl (C=O) groups is 1. The number of ether oxygens (including phenoxy) is 2. The van der Waals surface area contributed by atoms with E-state index in [-0.39, 0.29) is 41.7 Å². The molecule has 3 aromatic rings. The number of aromatic nitrogens is 3. The summed E-state index contributed by atoms with van der Waals surface area (Å²) >= 11 is 0. The molecule has 34 heavy (non-hydrogen) atoms. The number of rotatable bonds is 9. The van der Waals surface area contributed by atoms with Crippen molar-refractivity contribution in [3.05, 3.63) is 42.4 Å². The number of hydrogen-bond donors (Lipinski definition) is 0. The van der Waals surface area contributed by atoms with Crippen molar-refractivity contribution in [2.24, 2.45) is 5.92 Å². The maximum atomic E-state index is 13.1. The van der Waals surface area contributed by atoms with E-state index in [1.165, 1.54) is 20.5 Å². The lowest BCUT2D eigenvalue weighted by Crippen LogP contribution is -2.36. The molecule has 2 atom stereocenters. The number of nitrogens with zero attached hydrogens (tertiary/aromatic N) is 4. The molecule has 1 aliphatic rings. The number of amides is 1. The Balaban J connectivity index is 1.71. The topological polar surface area (TPSA) is 117 Å². The number of benzene rings is 1. The average molecular weight is 489 g/mol. The molecule has 0 bridgehead atoms. The fourth-order valence-corrected chi connectivity index (χ4v) is 5.54. The molecule has 1 fully saturated rings. The molecule has 0 saturated carbocycles. The number of methoxy groups -OCH3 is 2. The molecule has 11 heteroatoms. The molecule has 0 aliphatic carbocycles. The van der Waals surface area contributed by atoms with E-state index >= 15 is 0 Å². The summed E-state index contributed by atoms with van der Waals surface area (Å²) in [6.07, 6.45) is 2.23. The summed E-state index contributed by atoms with van der Waals surface area (Å²) in [7, 11) is -0.612. The Morgan fingerprint density at radius 3 is 2.35 bits per heavy atom. The zero-order valence-electron chi connectivity index (χ0n) is 19.6. The average Bonchev–Trinajstić information content (AvgIpc) is 3.52. The summed E-state index contributed by atoms with van der Waals surface area (Å²) < 4.78 is 44.4. The first-order chi connectivity index (χ1) is 16.3. The van der Waals surface area contributed by atoms with Gasteiger partial charge in [-0.15, -0.1) is 10.2 Å². The zero-order valence-corrected chi connectivity index (χ0v) is 20.4. The van der Waals surface area contributed by atoms with Crippen molar-refractivity contribution in [1.82, 2.24) is 19.7 Å². The minimum atomic E-state index is -3.64. The lowest BCUT2D eigenvalue weighted by molar-refractivity contribution is -0.131. The van der Waals surface area contributed by atoms with Crippen LogP contribution in [-0.2, 0) is 20.4 Å². The predicted octanol–water partition coefficient (Wildman–Crippen LogP) is 2.72. The lowest BCUT2D eigenvalue weighted by Gasteiger charge is -2.21. The van der Waals surface area contributed by atoms with Gasteiger partial charge >= 0.3 is 0 Å². The second-order valence-corrected chi connectivity index (χ2v) is 10.6. The maximum Gasteiger partial charge on any atom is 0.225 e. The second-order valence-electron chi connectivity index (χ2n) is 8.37. The maximum absolute atomic E-state index is 13.1. The van der Waals surface area contributed by atoms with Crippen molar-refractivity contribution in [2.45, 2.75) is 32.1 Å². The quantitative estimate of drug-likeness (QED) is 0.451. The van der Waals surface area contributed by atoms with Crippen LogP contribution in [0.1, 0.15) is 26.1 Å². The third-order valence-corrected chi connectivity index (χ3v) is 7.52. The highest BCUT2D eigenvalue weighted by Gasteiger charge is 2.35. The molecule has 3 heterocycles. The van der Waals surface area contributed by atoms with E-state index in [0.29, 0.717) is 28.8 Å². The van der Waals surface area contributed by atoms with Crippen LogP contribution >= 0.6 is 0 Å². The third kappa shape index (κ3) is 4.52. The fourth-order valence-electron chi connectivity index (χ4n) is 4.34. The van der Waals surface area contributed by atoms with Crippen LogP contribution in [0.5, 0.6) is 11.5 Å². The van der Waals surface area contributed by atoms with E-state index < -0.39 is 9.84 Å². The first-order valence-electron chi connectivity index (χ1n) is 11.0. The zero-order chi connectivity index (χ0) is 24.5. The largest absolute Gasteiger partial charge is 0.494 e. The highest BCUT2D eigenvalue weighted by molar-refractivity contribution is 7.90. The summed E-state index contributed by atoms with van der Waals surface area (Å²) in [4.78, 5) is 14.0. The smallest absolute Gasteiger partial charge is 0.225 e. The fraction of sp³-hybridized carbons (Fsp3) is 0.435. The molecule has 2 aromatic heterocycles. The molecule has 182 valence electrons. The summed E-state index contributed by atoms with van der Waals surface area (Å²) in [6.45, 7) is 3.95. The van der Waals surface area contributed by atoms with Crippen molar-refractivity contribution in [3.8, 4) is 28.8 Å². The van der Waals surface area contributed by atoms with Crippen LogP contribution in [0.25, 0.3) is 17.3 Å². The standard InChI is InChI=1S/C23H28N4O6S/c1-15-13-16(2)26(23(15)28)10-12-34(29,30)14-20-24-25-22(19-9-6-11-33-19)27(20)21-17(31-3)7-5-8-18(21)32-4/h5-9,11,15-16H,10,12-14H2,1-4H3/t15-,16-/m1/s1. The Labute approximate surface area is 198 Å². The molecule has 0 unspecified atom stereocenters. The van der Waals surface area contributed by atoms with E-state index in [4.69, 9.17) is 13.9 Å². The number of likely N-dealkylation sites (tertiary alicyclic amines) is 1. The predicted molar refractivity (Wildman–Crippen MR) is 125 cm³/mol. The molecule has 4 rings (SSSR count). The molecule has 10 nitrogen and oxygen atoms in total. The Hall–Kier alpha value is -3.34. The highest BCUT2D eigenvalue weighted by Crippen LogP contribution is 2.36. The second kappa shape index (κ2) is 9.49. The lowest BCUT2D eigenvalue weighted by atomic mass is 10.1. The van der Waals surface area contributed by atoms with Crippen LogP contribution in [0.3, 0.4) is 0 Å². The van der Waals surface area contributed by atoms with Gasteiger partial charge in [0.1, 0.15) is 22.9 Å². The number of hydrogen-bond acceptors (Lipinski definition) is 8. The molecular weight excluding hydrogens is 460 g/mol. The summed E-state index contributed by atoms with van der Waals surface area (Å²) in [5.41, 5.74) is 0.464. The summed E-state index contributed by atoms with van der Waals surface area (Å²) in [5.74, 6) is 1.16. The minimum absolute atomic E-state index is 0.00951. The van der Waals surface area contributed by atoms with Gasteiger partial charge in [-0.3, -0.25) is 9.36 Å². The van der Waals surface area contributed by atoms with Gasteiger partial charge in [0.2, 0.25) is 11.7 Å². The van der Waals surface area contributed by atoms with Crippen LogP contribution < -0.4 is 9.47 Å². The van der Waals surface area contributed by atoms with E-state index in [1.807, 2.05) is 13.8 Å². The number of carbonyl (C=O) groups excluding carboxylic acids is 1. The van der Waals surface area contributed by atoms with Crippen LogP contribution in [0.4, 0.5) is 0 Å². The van der Waals surface area contributed by atoms with Gasteiger partial charge in [-0.2, -0.15) is 0 Å². The van der Waals surface area contributed by atoms with Crippen LogP contribution in [0, 0.1) is 5.92 Å². The minimum Gasteiger partial charge on any atom is -0.494 e. The van der Waals surface area contributed by atoms with Gasteiger partial charge < -0.3 is 18.8 Å². The van der Waals surface area contributed by atoms with Gasteiger partial charge in [0.25, 0.3) is 0 Å². The van der Waals surface area contributed by atoms with Gasteiger partial charge in [0.05, 0.1) is 26.2 Å². The molecule has 1 amide bonds. The van der Waals surface area contributed by atoms with E-state index in [0.717, 1.165) is 6.42 Å². The molecule has 0 radical (unpaired) electrons. The third-order valence-electron chi connectivity index (χ3n) is 6.02. The molecule has 0 spiro atoms. The van der Waals surface area contributed by atoms with Gasteiger partial charge in [-0.25, -0.2) is 8.42 Å². The Kier molecular flexibility index (Phi) is 6.65. The summed E-state index contributed by atoms with van der Waals surface area (Å²) in [6, 6.07) is 8.68. The molecule has 0 N–H and O–H groups in total. The van der Waals surface area contributed by atoms with Crippen LogP contribution in [0.2, 0.25) is 0 Å². The molecular formula is C23H28N4O6S. The first kappa shape index (κ1) is 23.8. The number of sulfone groups is 1. The van der Waals surface area contributed by atoms with Gasteiger partial charge in [-0.1, -0.05) is 13.0 Å². The molecule has 1 aliphatic heterocycles. The van der Waals surface area contributed by atoms with Crippen molar-refractivity contribution >= 4 is 15.7 Å². The molecule has 1 aromatic carbocycles. The Bertz CT molecular complexity index is 1250. The van der Waals surface area contributed by atoms with E-state index in [9.17, 15) is 13.2 Å². The van der Waals surface area contributed by atoms with Crippen LogP contribution in [0.15, 0.2) is 41.0 Å². The first-order valence-corrected chi connectivity index (χ1v) is 12.8. The normalized spacial score (nSPS) is 18.5. The van der Waals surface area contributed by atoms with E-state index in [1.54, 1.807) is 39.8 Å². The number of para-hydroxylation sites is 1. The van der Waals surface area contributed by atoms with Crippen LogP contribution in [-0.4, -0.2) is 66.5 Å². The Morgan fingerprint density at radius 2 is 1.79 bits per heavy atom. The van der Waals surface area contributed by atoms with Crippen molar-refractivity contribution < 1.29 is 27.1 Å². The monoisotopic (exact) mass is 488 g/mol. The van der Waals surface area contributed by atoms with Gasteiger partial charge in [-0.05, 0) is 37.6 Å². The highest BCUT2D eigenvalue weighted by atomic mass is 32.2. The van der Waals surface area contributed by atoms with Crippen molar-refractivity contribution in [1.29, 1.82) is 0 Å². The van der Waals surface area contributed by atoms with Gasteiger partial charge in [0, 0.05) is 18.5 Å². The number of furan rings is 1. The Morgan fingerprint density at radius 1 is 1.09 bits per heavy atom. The summed E-state index contributed by atoms with van der Waals surface area (Å²) in [5, 5.41) is 8.41. The van der Waals surface area contributed by atoms with Crippen molar-refractivity contribution in [3.63, 3.8) is 0 Å². The van der Waals surface area contributed by atoms with Crippen molar-refractivity contribution in [2.75, 3.05) is 26.5 Å². The molecule has 1 saturated heterocycles.